The van der Waals surface area contributed by atoms with E-state index in [-0.39, 0.29) is 17.3 Å². The van der Waals surface area contributed by atoms with Crippen molar-refractivity contribution < 1.29 is 9.72 Å². The summed E-state index contributed by atoms with van der Waals surface area (Å²) < 4.78 is 0. The van der Waals surface area contributed by atoms with Crippen LogP contribution in [0.4, 0.5) is 11.5 Å². The molecule has 1 aromatic heterocycles. The summed E-state index contributed by atoms with van der Waals surface area (Å²) in [5.74, 6) is 0.749. The molecule has 9 nitrogen and oxygen atoms in total. The van der Waals surface area contributed by atoms with Crippen molar-refractivity contribution in [1.29, 1.82) is 5.26 Å². The molecule has 25 heavy (non-hydrogen) atoms. The van der Waals surface area contributed by atoms with E-state index in [1.807, 2.05) is 9.80 Å². The minimum Gasteiger partial charge on any atom is -0.354 e. The molecule has 1 amide bonds. The Hall–Kier alpha value is -2.73. The molecule has 3 rings (SSSR count). The van der Waals surface area contributed by atoms with Gasteiger partial charge in [0.05, 0.1) is 11.5 Å². The van der Waals surface area contributed by atoms with E-state index in [1.54, 1.807) is 12.1 Å². The van der Waals surface area contributed by atoms with E-state index in [0.29, 0.717) is 25.5 Å². The maximum absolute atomic E-state index is 12.2. The largest absolute Gasteiger partial charge is 0.354 e. The lowest BCUT2D eigenvalue weighted by Gasteiger charge is -2.35. The molecule has 0 spiro atoms. The van der Waals surface area contributed by atoms with Gasteiger partial charge in [-0.3, -0.25) is 19.8 Å². The van der Waals surface area contributed by atoms with Crippen molar-refractivity contribution >= 4 is 17.4 Å². The standard InChI is InChI=1S/C16H20N6O3/c17-11-13-14(22(24)25)3-4-15(18-13)20-9-7-19(8-10-20)12-16(23)21-5-1-2-6-21/h3-4H,1-2,5-10,12H2. The summed E-state index contributed by atoms with van der Waals surface area (Å²) in [6, 6.07) is 4.68. The smallest absolute Gasteiger partial charge is 0.305 e. The van der Waals surface area contributed by atoms with E-state index in [0.717, 1.165) is 39.0 Å². The number of hydrogen-bond acceptors (Lipinski definition) is 7. The second-order valence-corrected chi connectivity index (χ2v) is 6.26. The maximum Gasteiger partial charge on any atom is 0.305 e. The monoisotopic (exact) mass is 344 g/mol. The zero-order valence-corrected chi connectivity index (χ0v) is 13.9. The Morgan fingerprint density at radius 3 is 2.48 bits per heavy atom. The van der Waals surface area contributed by atoms with Crippen LogP contribution in [0.15, 0.2) is 12.1 Å². The Morgan fingerprint density at radius 2 is 1.88 bits per heavy atom. The number of hydrogen-bond donors (Lipinski definition) is 0. The van der Waals surface area contributed by atoms with Gasteiger partial charge in [-0.05, 0) is 18.9 Å². The summed E-state index contributed by atoms with van der Waals surface area (Å²) in [5, 5.41) is 19.9. The molecular formula is C16H20N6O3. The zero-order chi connectivity index (χ0) is 17.8. The minimum atomic E-state index is -0.600. The first kappa shape index (κ1) is 17.1. The van der Waals surface area contributed by atoms with Crippen LogP contribution in [0.2, 0.25) is 0 Å². The number of carbonyl (C=O) groups is 1. The zero-order valence-electron chi connectivity index (χ0n) is 13.9. The Morgan fingerprint density at radius 1 is 1.20 bits per heavy atom. The van der Waals surface area contributed by atoms with E-state index in [1.165, 1.54) is 6.07 Å². The topological polar surface area (TPSA) is 107 Å². The first-order valence-electron chi connectivity index (χ1n) is 8.39. The lowest BCUT2D eigenvalue weighted by molar-refractivity contribution is -0.385. The molecule has 3 heterocycles. The van der Waals surface area contributed by atoms with Crippen molar-refractivity contribution in [3.63, 3.8) is 0 Å². The van der Waals surface area contributed by atoms with E-state index in [4.69, 9.17) is 5.26 Å². The Bertz CT molecular complexity index is 702. The molecule has 0 atom stereocenters. The van der Waals surface area contributed by atoms with Crippen LogP contribution in [0.5, 0.6) is 0 Å². The van der Waals surface area contributed by atoms with Crippen molar-refractivity contribution in [2.24, 2.45) is 0 Å². The molecule has 132 valence electrons. The average Bonchev–Trinajstić information content (AvgIpc) is 3.16. The summed E-state index contributed by atoms with van der Waals surface area (Å²) >= 11 is 0. The molecule has 1 aromatic rings. The van der Waals surface area contributed by atoms with Crippen LogP contribution in [-0.4, -0.2) is 71.4 Å². The van der Waals surface area contributed by atoms with Gasteiger partial charge in [0, 0.05) is 45.3 Å². The molecule has 0 aliphatic carbocycles. The molecule has 0 unspecified atom stereocenters. The third kappa shape index (κ3) is 3.85. The summed E-state index contributed by atoms with van der Waals surface area (Å²) in [4.78, 5) is 32.6. The number of rotatable bonds is 4. The van der Waals surface area contributed by atoms with Crippen LogP contribution in [0.3, 0.4) is 0 Å². The highest BCUT2D eigenvalue weighted by Gasteiger charge is 2.25. The number of likely N-dealkylation sites (tertiary alicyclic amines) is 1. The lowest BCUT2D eigenvalue weighted by Crippen LogP contribution is -2.50. The van der Waals surface area contributed by atoms with Crippen LogP contribution < -0.4 is 4.90 Å². The molecule has 0 radical (unpaired) electrons. The van der Waals surface area contributed by atoms with Gasteiger partial charge in [0.15, 0.2) is 0 Å². The number of amides is 1. The Kier molecular flexibility index (Phi) is 5.09. The van der Waals surface area contributed by atoms with Gasteiger partial charge in [0.25, 0.3) is 0 Å². The summed E-state index contributed by atoms with van der Waals surface area (Å²) in [6.07, 6.45) is 2.18. The molecule has 2 aliphatic heterocycles. The lowest BCUT2D eigenvalue weighted by atomic mass is 10.2. The van der Waals surface area contributed by atoms with Crippen molar-refractivity contribution in [1.82, 2.24) is 14.8 Å². The van der Waals surface area contributed by atoms with Gasteiger partial charge in [-0.1, -0.05) is 0 Å². The molecule has 2 saturated heterocycles. The van der Waals surface area contributed by atoms with Gasteiger partial charge in [-0.2, -0.15) is 5.26 Å². The first-order chi connectivity index (χ1) is 12.1. The van der Waals surface area contributed by atoms with Crippen LogP contribution in [0.1, 0.15) is 18.5 Å². The van der Waals surface area contributed by atoms with Crippen molar-refractivity contribution in [3.05, 3.63) is 27.9 Å². The fourth-order valence-electron chi connectivity index (χ4n) is 3.24. The summed E-state index contributed by atoms with van der Waals surface area (Å²) in [6.45, 7) is 4.95. The molecule has 0 N–H and O–H groups in total. The number of aromatic nitrogens is 1. The molecule has 0 bridgehead atoms. The van der Waals surface area contributed by atoms with Crippen LogP contribution in [-0.2, 0) is 4.79 Å². The minimum absolute atomic E-state index is 0.172. The molecule has 0 aromatic carbocycles. The molecule has 2 fully saturated rings. The van der Waals surface area contributed by atoms with Crippen molar-refractivity contribution in [2.45, 2.75) is 12.8 Å². The fourth-order valence-corrected chi connectivity index (χ4v) is 3.24. The number of nitrogens with zero attached hydrogens (tertiary/aromatic N) is 6. The molecule has 2 aliphatic rings. The summed E-state index contributed by atoms with van der Waals surface area (Å²) in [7, 11) is 0. The van der Waals surface area contributed by atoms with Gasteiger partial charge in [0.1, 0.15) is 11.9 Å². The first-order valence-corrected chi connectivity index (χ1v) is 8.39. The van der Waals surface area contributed by atoms with Gasteiger partial charge in [-0.25, -0.2) is 4.98 Å². The Balaban J connectivity index is 1.58. The second kappa shape index (κ2) is 7.44. The van der Waals surface area contributed by atoms with Crippen LogP contribution in [0, 0.1) is 21.4 Å². The number of piperazine rings is 1. The SMILES string of the molecule is N#Cc1nc(N2CCN(CC(=O)N3CCCC3)CC2)ccc1[N+](=O)[O-]. The van der Waals surface area contributed by atoms with Gasteiger partial charge in [-0.15, -0.1) is 0 Å². The fraction of sp³-hybridized carbons (Fsp3) is 0.562. The number of pyridine rings is 1. The predicted octanol–water partition coefficient (Wildman–Crippen LogP) is 0.606. The van der Waals surface area contributed by atoms with E-state index < -0.39 is 4.92 Å². The second-order valence-electron chi connectivity index (χ2n) is 6.26. The molecule has 0 saturated carbocycles. The van der Waals surface area contributed by atoms with E-state index in [2.05, 4.69) is 9.88 Å². The highest BCUT2D eigenvalue weighted by atomic mass is 16.6. The molecular weight excluding hydrogens is 324 g/mol. The average molecular weight is 344 g/mol. The highest BCUT2D eigenvalue weighted by molar-refractivity contribution is 5.78. The van der Waals surface area contributed by atoms with Crippen LogP contribution >= 0.6 is 0 Å². The number of nitriles is 1. The van der Waals surface area contributed by atoms with Gasteiger partial charge < -0.3 is 9.80 Å². The Labute approximate surface area is 145 Å². The van der Waals surface area contributed by atoms with Gasteiger partial charge >= 0.3 is 5.69 Å². The number of anilines is 1. The summed E-state index contributed by atoms with van der Waals surface area (Å²) in [5.41, 5.74) is -0.449. The van der Waals surface area contributed by atoms with Gasteiger partial charge in [0.2, 0.25) is 11.6 Å². The third-order valence-corrected chi connectivity index (χ3v) is 4.68. The maximum atomic E-state index is 12.2. The third-order valence-electron chi connectivity index (χ3n) is 4.68. The van der Waals surface area contributed by atoms with Crippen molar-refractivity contribution in [2.75, 3.05) is 50.7 Å². The number of nitro groups is 1. The van der Waals surface area contributed by atoms with Crippen LogP contribution in [0.25, 0.3) is 0 Å². The highest BCUT2D eigenvalue weighted by Crippen LogP contribution is 2.21. The predicted molar refractivity (Wildman–Crippen MR) is 90.1 cm³/mol. The van der Waals surface area contributed by atoms with E-state index >= 15 is 0 Å². The normalized spacial score (nSPS) is 18.2. The van der Waals surface area contributed by atoms with Crippen molar-refractivity contribution in [3.8, 4) is 6.07 Å². The number of carbonyl (C=O) groups excluding carboxylic acids is 1. The molecule has 9 heteroatoms. The quantitative estimate of drug-likeness (QED) is 0.581. The van der Waals surface area contributed by atoms with E-state index in [9.17, 15) is 14.9 Å².